The fourth-order valence-corrected chi connectivity index (χ4v) is 2.53. The number of aromatic nitrogens is 2. The molecule has 0 aliphatic carbocycles. The molecule has 16 heavy (non-hydrogen) atoms. The van der Waals surface area contributed by atoms with E-state index in [1.165, 1.54) is 6.26 Å². The van der Waals surface area contributed by atoms with Gasteiger partial charge in [0, 0.05) is 6.26 Å². The predicted octanol–water partition coefficient (Wildman–Crippen LogP) is 1.83. The number of hydrogen-bond acceptors (Lipinski definition) is 4. The molecule has 2 aromatic rings. The number of hydrogen-bond donors (Lipinski definition) is 1. The number of H-pyrrole nitrogens is 1. The summed E-state index contributed by atoms with van der Waals surface area (Å²) in [4.78, 5) is 7.79. The van der Waals surface area contributed by atoms with Crippen molar-refractivity contribution in [3.63, 3.8) is 0 Å². The Morgan fingerprint density at radius 2 is 2.19 bits per heavy atom. The van der Waals surface area contributed by atoms with E-state index in [-0.39, 0.29) is 0 Å². The van der Waals surface area contributed by atoms with E-state index in [2.05, 4.69) is 9.97 Å². The third-order valence-corrected chi connectivity index (χ3v) is 3.88. The summed E-state index contributed by atoms with van der Waals surface area (Å²) in [6.07, 6.45) is 3.20. The first kappa shape index (κ1) is 11.5. The lowest BCUT2D eigenvalue weighted by Gasteiger charge is -1.96. The lowest BCUT2D eigenvalue weighted by atomic mass is 10.3. The van der Waals surface area contributed by atoms with Crippen molar-refractivity contribution in [2.45, 2.75) is 10.6 Å². The molecule has 0 saturated heterocycles. The number of nitrogens with zero attached hydrogens (tertiary/aromatic N) is 1. The molecule has 0 fully saturated rings. The van der Waals surface area contributed by atoms with Crippen molar-refractivity contribution in [2.75, 3.05) is 12.5 Å². The summed E-state index contributed by atoms with van der Waals surface area (Å²) in [5, 5.41) is 0. The van der Waals surface area contributed by atoms with E-state index >= 15 is 0 Å². The summed E-state index contributed by atoms with van der Waals surface area (Å²) in [6, 6.07) is 4.94. The Labute approximate surface area is 98.4 Å². The highest BCUT2D eigenvalue weighted by Gasteiger charge is 2.09. The number of benzene rings is 1. The fraction of sp³-hybridized carbons (Fsp3) is 0.300. The second kappa shape index (κ2) is 4.10. The molecule has 0 atom stereocenters. The molecule has 0 unspecified atom stereocenters. The molecule has 1 N–H and O–H groups in total. The van der Waals surface area contributed by atoms with Gasteiger partial charge in [-0.05, 0) is 24.5 Å². The Morgan fingerprint density at radius 1 is 1.44 bits per heavy atom. The predicted molar refractivity (Wildman–Crippen MR) is 66.4 cm³/mol. The molecular formula is C10H12N2O2S2. The van der Waals surface area contributed by atoms with Gasteiger partial charge >= 0.3 is 0 Å². The first-order valence-electron chi connectivity index (χ1n) is 4.68. The highest BCUT2D eigenvalue weighted by atomic mass is 32.2. The summed E-state index contributed by atoms with van der Waals surface area (Å²) >= 11 is 1.67. The molecule has 0 bridgehead atoms. The standard InChI is InChI=1S/C10H12N2O2S2/c1-15-6-10-11-8-4-3-7(16(2,13)14)5-9(8)12-10/h3-5H,6H2,1-2H3,(H,11,12). The number of thioether (sulfide) groups is 1. The van der Waals surface area contributed by atoms with Gasteiger partial charge in [-0.25, -0.2) is 13.4 Å². The first-order chi connectivity index (χ1) is 7.50. The third-order valence-electron chi connectivity index (χ3n) is 2.21. The van der Waals surface area contributed by atoms with Gasteiger partial charge in [-0.3, -0.25) is 0 Å². The van der Waals surface area contributed by atoms with Crippen LogP contribution in [0.1, 0.15) is 5.82 Å². The maximum Gasteiger partial charge on any atom is 0.175 e. The van der Waals surface area contributed by atoms with Crippen molar-refractivity contribution in [1.82, 2.24) is 9.97 Å². The Hall–Kier alpha value is -1.01. The number of sulfone groups is 1. The van der Waals surface area contributed by atoms with Crippen molar-refractivity contribution in [3.05, 3.63) is 24.0 Å². The lowest BCUT2D eigenvalue weighted by Crippen LogP contribution is -1.96. The van der Waals surface area contributed by atoms with Gasteiger partial charge in [0.05, 0.1) is 21.7 Å². The van der Waals surface area contributed by atoms with Gasteiger partial charge in [-0.1, -0.05) is 0 Å². The average Bonchev–Trinajstić information content (AvgIpc) is 2.57. The topological polar surface area (TPSA) is 62.8 Å². The zero-order chi connectivity index (χ0) is 11.8. The minimum atomic E-state index is -3.15. The van der Waals surface area contributed by atoms with Gasteiger partial charge in [0.2, 0.25) is 0 Å². The van der Waals surface area contributed by atoms with Crippen LogP contribution in [0.25, 0.3) is 11.0 Å². The minimum Gasteiger partial charge on any atom is -0.341 e. The molecule has 1 heterocycles. The van der Waals surface area contributed by atoms with Crippen LogP contribution in [0.15, 0.2) is 23.1 Å². The molecule has 4 nitrogen and oxygen atoms in total. The minimum absolute atomic E-state index is 0.319. The number of aromatic amines is 1. The second-order valence-electron chi connectivity index (χ2n) is 3.57. The van der Waals surface area contributed by atoms with Gasteiger partial charge in [-0.2, -0.15) is 11.8 Å². The van der Waals surface area contributed by atoms with E-state index in [0.717, 1.165) is 22.6 Å². The van der Waals surface area contributed by atoms with Gasteiger partial charge in [-0.15, -0.1) is 0 Å². The third kappa shape index (κ3) is 2.22. The highest BCUT2D eigenvalue weighted by Crippen LogP contribution is 2.18. The number of rotatable bonds is 3. The van der Waals surface area contributed by atoms with Crippen LogP contribution in [0.5, 0.6) is 0 Å². The highest BCUT2D eigenvalue weighted by molar-refractivity contribution is 7.97. The van der Waals surface area contributed by atoms with E-state index in [9.17, 15) is 8.42 Å². The van der Waals surface area contributed by atoms with E-state index in [4.69, 9.17) is 0 Å². The van der Waals surface area contributed by atoms with Crippen LogP contribution in [-0.4, -0.2) is 30.9 Å². The summed E-state index contributed by atoms with van der Waals surface area (Å²) < 4.78 is 22.7. The molecule has 0 spiro atoms. The molecule has 2 rings (SSSR count). The smallest absolute Gasteiger partial charge is 0.175 e. The van der Waals surface area contributed by atoms with Crippen molar-refractivity contribution in [3.8, 4) is 0 Å². The summed E-state index contributed by atoms with van der Waals surface area (Å²) in [6.45, 7) is 0. The van der Waals surface area contributed by atoms with Crippen LogP contribution >= 0.6 is 11.8 Å². The molecule has 0 saturated carbocycles. The Kier molecular flexibility index (Phi) is 2.94. The monoisotopic (exact) mass is 256 g/mol. The molecule has 1 aromatic carbocycles. The number of nitrogens with one attached hydrogen (secondary N) is 1. The van der Waals surface area contributed by atoms with Crippen LogP contribution in [0, 0.1) is 0 Å². The summed E-state index contributed by atoms with van der Waals surface area (Å²) in [5.74, 6) is 1.66. The summed E-state index contributed by atoms with van der Waals surface area (Å²) in [5.41, 5.74) is 1.57. The lowest BCUT2D eigenvalue weighted by molar-refractivity contribution is 0.602. The van der Waals surface area contributed by atoms with E-state index in [1.54, 1.807) is 30.0 Å². The van der Waals surface area contributed by atoms with Crippen molar-refractivity contribution < 1.29 is 8.42 Å². The second-order valence-corrected chi connectivity index (χ2v) is 6.45. The van der Waals surface area contributed by atoms with Gasteiger partial charge in [0.15, 0.2) is 9.84 Å². The number of imidazole rings is 1. The molecule has 0 aliphatic rings. The van der Waals surface area contributed by atoms with Gasteiger partial charge in [0.25, 0.3) is 0 Å². The van der Waals surface area contributed by atoms with Crippen LogP contribution in [0.3, 0.4) is 0 Å². The van der Waals surface area contributed by atoms with Crippen LogP contribution in [0.4, 0.5) is 0 Å². The summed E-state index contributed by atoms with van der Waals surface area (Å²) in [7, 11) is -3.15. The molecule has 1 aromatic heterocycles. The van der Waals surface area contributed by atoms with E-state index < -0.39 is 9.84 Å². The molecular weight excluding hydrogens is 244 g/mol. The molecule has 6 heteroatoms. The Bertz CT molecular complexity index is 617. The molecule has 0 aliphatic heterocycles. The molecule has 86 valence electrons. The molecule has 0 radical (unpaired) electrons. The zero-order valence-electron chi connectivity index (χ0n) is 9.02. The number of fused-ring (bicyclic) bond motifs is 1. The fourth-order valence-electron chi connectivity index (χ4n) is 1.48. The normalized spacial score (nSPS) is 12.1. The average molecular weight is 256 g/mol. The maximum absolute atomic E-state index is 11.4. The van der Waals surface area contributed by atoms with Crippen molar-refractivity contribution in [2.24, 2.45) is 0 Å². The molecule has 0 amide bonds. The zero-order valence-corrected chi connectivity index (χ0v) is 10.7. The van der Waals surface area contributed by atoms with Gasteiger partial charge < -0.3 is 4.98 Å². The first-order valence-corrected chi connectivity index (χ1v) is 7.97. The van der Waals surface area contributed by atoms with Crippen molar-refractivity contribution >= 4 is 32.6 Å². The van der Waals surface area contributed by atoms with Crippen LogP contribution < -0.4 is 0 Å². The largest absolute Gasteiger partial charge is 0.341 e. The van der Waals surface area contributed by atoms with E-state index in [0.29, 0.717) is 4.90 Å². The Morgan fingerprint density at radius 3 is 2.81 bits per heavy atom. The quantitative estimate of drug-likeness (QED) is 0.910. The SMILES string of the molecule is CSCc1nc2ccc(S(C)(=O)=O)cc2[nH]1. The Balaban J connectivity index is 2.54. The van der Waals surface area contributed by atoms with Gasteiger partial charge in [0.1, 0.15) is 5.82 Å². The van der Waals surface area contributed by atoms with Crippen LogP contribution in [0.2, 0.25) is 0 Å². The maximum atomic E-state index is 11.4. The van der Waals surface area contributed by atoms with Crippen molar-refractivity contribution in [1.29, 1.82) is 0 Å². The van der Waals surface area contributed by atoms with E-state index in [1.807, 2.05) is 6.26 Å². The van der Waals surface area contributed by atoms with Crippen LogP contribution in [-0.2, 0) is 15.6 Å².